The minimum atomic E-state index is -1.16. The largest absolute Gasteiger partial charge is 0.466 e. The van der Waals surface area contributed by atoms with Gasteiger partial charge in [0.05, 0.1) is 24.7 Å². The topological polar surface area (TPSA) is 78.8 Å². The molecular weight excluding hydrogens is 354 g/mol. The summed E-state index contributed by atoms with van der Waals surface area (Å²) >= 11 is 0. The van der Waals surface area contributed by atoms with Crippen molar-refractivity contribution in [3.05, 3.63) is 72.4 Å². The molecule has 148 valence electrons. The molecule has 0 spiro atoms. The molecule has 1 atom stereocenters. The number of guanidine groups is 1. The van der Waals surface area contributed by atoms with Gasteiger partial charge in [0.15, 0.2) is 5.96 Å². The Morgan fingerprint density at radius 2 is 2.07 bits per heavy atom. The zero-order chi connectivity index (χ0) is 20.0. The van der Waals surface area contributed by atoms with Crippen molar-refractivity contribution in [2.24, 2.45) is 4.99 Å². The molecule has 28 heavy (non-hydrogen) atoms. The second-order valence-corrected chi connectivity index (χ2v) is 6.91. The van der Waals surface area contributed by atoms with Crippen LogP contribution in [-0.2, 0) is 12.1 Å². The van der Waals surface area contributed by atoms with Crippen molar-refractivity contribution in [1.82, 2.24) is 20.0 Å². The molecule has 1 aromatic carbocycles. The number of nitrogens with one attached hydrogen (secondary N) is 1. The van der Waals surface area contributed by atoms with Crippen LogP contribution in [0.2, 0.25) is 0 Å². The molecule has 0 aliphatic rings. The summed E-state index contributed by atoms with van der Waals surface area (Å²) in [5.41, 5.74) is 0.921. The van der Waals surface area contributed by atoms with Gasteiger partial charge in [0.2, 0.25) is 0 Å². The van der Waals surface area contributed by atoms with Crippen molar-refractivity contribution < 1.29 is 9.52 Å². The minimum Gasteiger partial charge on any atom is -0.466 e. The van der Waals surface area contributed by atoms with Crippen molar-refractivity contribution in [3.8, 4) is 5.69 Å². The summed E-state index contributed by atoms with van der Waals surface area (Å²) in [5.74, 6) is 1.21. The van der Waals surface area contributed by atoms with E-state index in [0.717, 1.165) is 17.8 Å². The van der Waals surface area contributed by atoms with Gasteiger partial charge in [-0.2, -0.15) is 5.10 Å². The predicted octanol–water partition coefficient (Wildman–Crippen LogP) is 2.77. The van der Waals surface area contributed by atoms with Gasteiger partial charge in [-0.25, -0.2) is 9.67 Å². The van der Waals surface area contributed by atoms with Crippen LogP contribution in [0, 0.1) is 0 Å². The lowest BCUT2D eigenvalue weighted by Gasteiger charge is -2.24. The minimum absolute atomic E-state index is 0.191. The van der Waals surface area contributed by atoms with E-state index in [2.05, 4.69) is 15.4 Å². The number of furan rings is 1. The van der Waals surface area contributed by atoms with Crippen LogP contribution in [0.5, 0.6) is 0 Å². The Morgan fingerprint density at radius 1 is 1.29 bits per heavy atom. The standard InChI is InChI=1S/C21H27N5O2/c1-4-22-20(23-16-21(2,27)19-11-8-12-28-19)25(3)14-17-13-24-26(15-17)18-9-6-5-7-10-18/h5-13,15,27H,4,14,16H2,1-3H3,(H,22,23). The van der Waals surface area contributed by atoms with Crippen LogP contribution in [0.4, 0.5) is 0 Å². The molecule has 0 bridgehead atoms. The number of hydrogen-bond acceptors (Lipinski definition) is 4. The van der Waals surface area contributed by atoms with E-state index >= 15 is 0 Å². The van der Waals surface area contributed by atoms with E-state index < -0.39 is 5.60 Å². The molecule has 2 aromatic heterocycles. The lowest BCUT2D eigenvalue weighted by atomic mass is 10.0. The molecule has 1 unspecified atom stereocenters. The lowest BCUT2D eigenvalue weighted by Crippen LogP contribution is -2.39. The van der Waals surface area contributed by atoms with Gasteiger partial charge < -0.3 is 19.7 Å². The second-order valence-electron chi connectivity index (χ2n) is 6.91. The number of rotatable bonds is 7. The Balaban J connectivity index is 1.69. The van der Waals surface area contributed by atoms with Crippen molar-refractivity contribution in [3.63, 3.8) is 0 Å². The van der Waals surface area contributed by atoms with Gasteiger partial charge in [0.25, 0.3) is 0 Å². The van der Waals surface area contributed by atoms with Crippen LogP contribution in [0.3, 0.4) is 0 Å². The summed E-state index contributed by atoms with van der Waals surface area (Å²) in [6.45, 7) is 5.28. The summed E-state index contributed by atoms with van der Waals surface area (Å²) in [4.78, 5) is 6.60. The fourth-order valence-electron chi connectivity index (χ4n) is 2.87. The second kappa shape index (κ2) is 8.75. The first kappa shape index (κ1) is 19.7. The molecule has 2 N–H and O–H groups in total. The molecule has 0 radical (unpaired) electrons. The molecule has 0 amide bonds. The number of hydrogen-bond donors (Lipinski definition) is 2. The van der Waals surface area contributed by atoms with Crippen LogP contribution in [0.1, 0.15) is 25.2 Å². The molecule has 0 saturated heterocycles. The molecule has 0 aliphatic carbocycles. The summed E-state index contributed by atoms with van der Waals surface area (Å²) in [6.07, 6.45) is 5.41. The third-order valence-electron chi connectivity index (χ3n) is 4.36. The fraction of sp³-hybridized carbons (Fsp3) is 0.333. The van der Waals surface area contributed by atoms with Crippen molar-refractivity contribution in [2.75, 3.05) is 20.1 Å². The molecule has 2 heterocycles. The van der Waals surface area contributed by atoms with Gasteiger partial charge in [-0.15, -0.1) is 0 Å². The maximum Gasteiger partial charge on any atom is 0.194 e. The lowest BCUT2D eigenvalue weighted by molar-refractivity contribution is 0.0435. The maximum absolute atomic E-state index is 10.6. The quantitative estimate of drug-likeness (QED) is 0.486. The first-order valence-electron chi connectivity index (χ1n) is 9.34. The van der Waals surface area contributed by atoms with Crippen molar-refractivity contribution in [1.29, 1.82) is 0 Å². The number of para-hydroxylation sites is 1. The Morgan fingerprint density at radius 3 is 2.75 bits per heavy atom. The molecular formula is C21H27N5O2. The van der Waals surface area contributed by atoms with Gasteiger partial charge in [0, 0.05) is 31.9 Å². The highest BCUT2D eigenvalue weighted by Gasteiger charge is 2.26. The normalized spacial score (nSPS) is 13.9. The maximum atomic E-state index is 10.6. The average Bonchev–Trinajstić information content (AvgIpc) is 3.38. The zero-order valence-corrected chi connectivity index (χ0v) is 16.5. The van der Waals surface area contributed by atoms with Gasteiger partial charge in [-0.05, 0) is 38.1 Å². The van der Waals surface area contributed by atoms with Crippen molar-refractivity contribution in [2.45, 2.75) is 26.0 Å². The van der Waals surface area contributed by atoms with E-state index in [4.69, 9.17) is 4.42 Å². The molecule has 0 saturated carbocycles. The van der Waals surface area contributed by atoms with E-state index in [9.17, 15) is 5.11 Å². The highest BCUT2D eigenvalue weighted by Crippen LogP contribution is 2.21. The molecule has 7 nitrogen and oxygen atoms in total. The SMILES string of the molecule is CCNC(=NCC(C)(O)c1ccco1)N(C)Cc1cnn(-c2ccccc2)c1. The number of aliphatic imine (C=N–C) groups is 1. The third-order valence-corrected chi connectivity index (χ3v) is 4.36. The summed E-state index contributed by atoms with van der Waals surface area (Å²) in [7, 11) is 1.96. The Bertz CT molecular complexity index is 885. The van der Waals surface area contributed by atoms with Crippen LogP contribution < -0.4 is 5.32 Å². The van der Waals surface area contributed by atoms with Gasteiger partial charge >= 0.3 is 0 Å². The molecule has 3 aromatic rings. The third kappa shape index (κ3) is 4.80. The Labute approximate surface area is 165 Å². The molecule has 0 aliphatic heterocycles. The van der Waals surface area contributed by atoms with E-state index in [1.165, 1.54) is 0 Å². The van der Waals surface area contributed by atoms with E-state index in [0.29, 0.717) is 18.3 Å². The average molecular weight is 381 g/mol. The first-order valence-corrected chi connectivity index (χ1v) is 9.34. The Hall–Kier alpha value is -3.06. The van der Waals surface area contributed by atoms with Gasteiger partial charge in [-0.3, -0.25) is 0 Å². The number of aromatic nitrogens is 2. The summed E-state index contributed by atoms with van der Waals surface area (Å²) in [5, 5.41) is 18.3. The summed E-state index contributed by atoms with van der Waals surface area (Å²) < 4.78 is 7.18. The Kier molecular flexibility index (Phi) is 6.16. The highest BCUT2D eigenvalue weighted by molar-refractivity contribution is 5.79. The van der Waals surface area contributed by atoms with Crippen LogP contribution >= 0.6 is 0 Å². The van der Waals surface area contributed by atoms with Crippen molar-refractivity contribution >= 4 is 5.96 Å². The molecule has 3 rings (SSSR count). The molecule has 0 fully saturated rings. The number of nitrogens with zero attached hydrogens (tertiary/aromatic N) is 4. The van der Waals surface area contributed by atoms with E-state index in [-0.39, 0.29) is 6.54 Å². The smallest absolute Gasteiger partial charge is 0.194 e. The van der Waals surface area contributed by atoms with Crippen LogP contribution in [0.15, 0.2) is 70.5 Å². The fourth-order valence-corrected chi connectivity index (χ4v) is 2.87. The number of aliphatic hydroxyl groups is 1. The molecule has 7 heteroatoms. The zero-order valence-electron chi connectivity index (χ0n) is 16.5. The van der Waals surface area contributed by atoms with Crippen LogP contribution in [-0.4, -0.2) is 45.9 Å². The van der Waals surface area contributed by atoms with E-state index in [1.807, 2.05) is 66.3 Å². The van der Waals surface area contributed by atoms with Gasteiger partial charge in [-0.1, -0.05) is 18.2 Å². The van der Waals surface area contributed by atoms with E-state index in [1.54, 1.807) is 25.3 Å². The predicted molar refractivity (Wildman–Crippen MR) is 109 cm³/mol. The van der Waals surface area contributed by atoms with Crippen LogP contribution in [0.25, 0.3) is 5.69 Å². The highest BCUT2D eigenvalue weighted by atomic mass is 16.4. The summed E-state index contributed by atoms with van der Waals surface area (Å²) in [6, 6.07) is 13.5. The first-order chi connectivity index (χ1) is 13.5. The monoisotopic (exact) mass is 381 g/mol. The number of benzene rings is 1. The van der Waals surface area contributed by atoms with Gasteiger partial charge in [0.1, 0.15) is 11.4 Å².